The van der Waals surface area contributed by atoms with E-state index in [-0.39, 0.29) is 19.0 Å². The molecule has 0 amide bonds. The molecule has 0 N–H and O–H groups in total. The van der Waals surface area contributed by atoms with Crippen LogP contribution in [0.25, 0.3) is 5.57 Å². The molecule has 0 saturated heterocycles. The van der Waals surface area contributed by atoms with E-state index in [1.54, 1.807) is 6.07 Å². The summed E-state index contributed by atoms with van der Waals surface area (Å²) in [7, 11) is 3.05. The van der Waals surface area contributed by atoms with Crippen molar-refractivity contribution in [2.24, 2.45) is 0 Å². The highest BCUT2D eigenvalue weighted by atomic mass is 16.7. The van der Waals surface area contributed by atoms with Crippen LogP contribution in [-0.4, -0.2) is 32.6 Å². The van der Waals surface area contributed by atoms with Gasteiger partial charge in [-0.25, -0.2) is 4.79 Å². The average Bonchev–Trinajstić information content (AvgIpc) is 3.44. The largest absolute Gasteiger partial charge is 0.493 e. The number of ether oxygens (including phenoxy) is 6. The van der Waals surface area contributed by atoms with Crippen molar-refractivity contribution in [3.8, 4) is 23.0 Å². The zero-order chi connectivity index (χ0) is 21.9. The third kappa shape index (κ3) is 3.11. The van der Waals surface area contributed by atoms with Gasteiger partial charge in [-0.15, -0.1) is 0 Å². The summed E-state index contributed by atoms with van der Waals surface area (Å²) in [6, 6.07) is 7.57. The second-order valence-corrected chi connectivity index (χ2v) is 8.62. The van der Waals surface area contributed by atoms with Gasteiger partial charge in [0.15, 0.2) is 23.0 Å². The van der Waals surface area contributed by atoms with Crippen LogP contribution in [0, 0.1) is 0 Å². The smallest absolute Gasteiger partial charge is 0.343 e. The van der Waals surface area contributed by atoms with E-state index >= 15 is 0 Å². The van der Waals surface area contributed by atoms with E-state index in [2.05, 4.69) is 0 Å². The van der Waals surface area contributed by atoms with Crippen LogP contribution in [-0.2, 0) is 9.47 Å². The molecular weight excluding hydrogens is 400 g/mol. The lowest BCUT2D eigenvalue weighted by Crippen LogP contribution is -2.25. The van der Waals surface area contributed by atoms with Gasteiger partial charge in [0.2, 0.25) is 6.79 Å². The summed E-state index contributed by atoms with van der Waals surface area (Å²) < 4.78 is 34.0. The summed E-state index contributed by atoms with van der Waals surface area (Å²) in [4.78, 5) is 13.2. The first-order valence-corrected chi connectivity index (χ1v) is 10.1. The maximum atomic E-state index is 13.2. The Labute approximate surface area is 180 Å². The second kappa shape index (κ2) is 6.92. The molecule has 3 aliphatic rings. The van der Waals surface area contributed by atoms with E-state index in [0.29, 0.717) is 28.4 Å². The maximum absolute atomic E-state index is 13.2. The molecule has 2 unspecified atom stereocenters. The van der Waals surface area contributed by atoms with Gasteiger partial charge >= 0.3 is 5.97 Å². The minimum atomic E-state index is -0.660. The van der Waals surface area contributed by atoms with Crippen molar-refractivity contribution in [2.75, 3.05) is 21.0 Å². The summed E-state index contributed by atoms with van der Waals surface area (Å²) in [5.74, 6) is 1.75. The summed E-state index contributed by atoms with van der Waals surface area (Å²) in [6.07, 6.45) is 1.49. The standard InChI is InChI=1S/C24H24O7/c1-24(2,3)31-23(25)20-12(6-7-16(26-4)22(20)27-5)14-9-17-13-8-18-19(29-11-28-18)10-15(13)21(14)30-17/h6-10,17,21H,11H2,1-5H3. The van der Waals surface area contributed by atoms with E-state index < -0.39 is 11.6 Å². The molecule has 2 bridgehead atoms. The van der Waals surface area contributed by atoms with Gasteiger partial charge in [0.05, 0.1) is 14.2 Å². The van der Waals surface area contributed by atoms with E-state index in [1.807, 2.05) is 45.0 Å². The molecule has 7 heteroatoms. The third-order valence-corrected chi connectivity index (χ3v) is 5.52. The van der Waals surface area contributed by atoms with Crippen LogP contribution in [0.3, 0.4) is 0 Å². The van der Waals surface area contributed by atoms with Crippen LogP contribution >= 0.6 is 0 Å². The molecule has 2 atom stereocenters. The van der Waals surface area contributed by atoms with Crippen molar-refractivity contribution < 1.29 is 33.2 Å². The van der Waals surface area contributed by atoms with E-state index in [1.165, 1.54) is 14.2 Å². The Bertz CT molecular complexity index is 1110. The van der Waals surface area contributed by atoms with Crippen molar-refractivity contribution in [3.63, 3.8) is 0 Å². The molecule has 0 aromatic heterocycles. The maximum Gasteiger partial charge on any atom is 0.343 e. The molecule has 0 saturated carbocycles. The van der Waals surface area contributed by atoms with Gasteiger partial charge in [-0.1, -0.05) is 0 Å². The fraction of sp³-hybridized carbons (Fsp3) is 0.375. The van der Waals surface area contributed by atoms with Gasteiger partial charge in [0.1, 0.15) is 23.4 Å². The summed E-state index contributed by atoms with van der Waals surface area (Å²) in [5, 5.41) is 0. The summed E-state index contributed by atoms with van der Waals surface area (Å²) >= 11 is 0. The number of methoxy groups -OCH3 is 2. The van der Waals surface area contributed by atoms with Gasteiger partial charge in [-0.2, -0.15) is 0 Å². The predicted molar refractivity (Wildman–Crippen MR) is 112 cm³/mol. The first kappa shape index (κ1) is 19.8. The SMILES string of the molecule is COc1ccc(C2=CC3OC2c2cc4c(cc23)OCO4)c(C(=O)OC(C)(C)C)c1OC. The van der Waals surface area contributed by atoms with Gasteiger partial charge in [0.25, 0.3) is 0 Å². The van der Waals surface area contributed by atoms with E-state index in [9.17, 15) is 4.79 Å². The number of benzene rings is 2. The Hall–Kier alpha value is -3.19. The molecule has 0 radical (unpaired) electrons. The molecule has 0 fully saturated rings. The molecular formula is C24H24O7. The fourth-order valence-corrected chi connectivity index (χ4v) is 4.29. The molecule has 5 rings (SSSR count). The van der Waals surface area contributed by atoms with Crippen molar-refractivity contribution in [3.05, 3.63) is 52.6 Å². The first-order chi connectivity index (χ1) is 14.8. The Morgan fingerprint density at radius 1 is 1.03 bits per heavy atom. The van der Waals surface area contributed by atoms with Crippen LogP contribution in [0.2, 0.25) is 0 Å². The molecule has 7 nitrogen and oxygen atoms in total. The number of rotatable bonds is 4. The average molecular weight is 424 g/mol. The lowest BCUT2D eigenvalue weighted by atomic mass is 9.85. The highest BCUT2D eigenvalue weighted by Gasteiger charge is 2.43. The number of hydrogen-bond acceptors (Lipinski definition) is 7. The third-order valence-electron chi connectivity index (χ3n) is 5.52. The first-order valence-electron chi connectivity index (χ1n) is 10.1. The Kier molecular flexibility index (Phi) is 4.41. The molecule has 0 spiro atoms. The van der Waals surface area contributed by atoms with Gasteiger partial charge in [-0.05, 0) is 73.4 Å². The molecule has 0 aliphatic carbocycles. The topological polar surface area (TPSA) is 72.5 Å². The van der Waals surface area contributed by atoms with Crippen LogP contribution in [0.4, 0.5) is 0 Å². The lowest BCUT2D eigenvalue weighted by molar-refractivity contribution is 0.00654. The van der Waals surface area contributed by atoms with Crippen LogP contribution in [0.15, 0.2) is 30.3 Å². The van der Waals surface area contributed by atoms with Crippen molar-refractivity contribution in [1.29, 1.82) is 0 Å². The van der Waals surface area contributed by atoms with Crippen molar-refractivity contribution in [2.45, 2.75) is 38.6 Å². The summed E-state index contributed by atoms with van der Waals surface area (Å²) in [6.45, 7) is 5.70. The highest BCUT2D eigenvalue weighted by molar-refractivity contribution is 6.00. The van der Waals surface area contributed by atoms with Crippen LogP contribution < -0.4 is 18.9 Å². The molecule has 2 aromatic carbocycles. The zero-order valence-electron chi connectivity index (χ0n) is 18.1. The van der Waals surface area contributed by atoms with Gasteiger partial charge in [-0.3, -0.25) is 0 Å². The Morgan fingerprint density at radius 2 is 1.74 bits per heavy atom. The molecule has 3 heterocycles. The number of hydrogen-bond donors (Lipinski definition) is 0. The predicted octanol–water partition coefficient (Wildman–Crippen LogP) is 4.60. The number of esters is 1. The minimum absolute atomic E-state index is 0.215. The normalized spacial score (nSPS) is 20.4. The van der Waals surface area contributed by atoms with Crippen molar-refractivity contribution in [1.82, 2.24) is 0 Å². The molecule has 31 heavy (non-hydrogen) atoms. The Morgan fingerprint density at radius 3 is 2.39 bits per heavy atom. The fourth-order valence-electron chi connectivity index (χ4n) is 4.29. The summed E-state index contributed by atoms with van der Waals surface area (Å²) in [5.41, 5.74) is 3.31. The molecule has 3 aliphatic heterocycles. The number of carbonyl (C=O) groups is 1. The van der Waals surface area contributed by atoms with E-state index in [0.717, 1.165) is 22.4 Å². The Balaban J connectivity index is 1.62. The zero-order valence-corrected chi connectivity index (χ0v) is 18.1. The monoisotopic (exact) mass is 424 g/mol. The second-order valence-electron chi connectivity index (χ2n) is 8.62. The van der Waals surface area contributed by atoms with Crippen molar-refractivity contribution >= 4 is 11.5 Å². The van der Waals surface area contributed by atoms with E-state index in [4.69, 9.17) is 28.4 Å². The highest BCUT2D eigenvalue weighted by Crippen LogP contribution is 2.57. The van der Waals surface area contributed by atoms with Crippen LogP contribution in [0.5, 0.6) is 23.0 Å². The lowest BCUT2D eigenvalue weighted by Gasteiger charge is -2.24. The quantitative estimate of drug-likeness (QED) is 0.665. The number of fused-ring (bicyclic) bond motifs is 6. The number of carbonyl (C=O) groups excluding carboxylic acids is 1. The molecule has 2 aromatic rings. The van der Waals surface area contributed by atoms with Gasteiger partial charge in [0, 0.05) is 0 Å². The molecule has 162 valence electrons. The van der Waals surface area contributed by atoms with Crippen LogP contribution in [0.1, 0.15) is 60.0 Å². The van der Waals surface area contributed by atoms with Gasteiger partial charge < -0.3 is 28.4 Å². The minimum Gasteiger partial charge on any atom is -0.493 e.